The van der Waals surface area contributed by atoms with Gasteiger partial charge in [-0.3, -0.25) is 0 Å². The Kier molecular flexibility index (Phi) is 6.08. The summed E-state index contributed by atoms with van der Waals surface area (Å²) in [6, 6.07) is 22.3. The number of anilines is 2. The lowest BCUT2D eigenvalue weighted by Crippen LogP contribution is -2.21. The zero-order valence-electron chi connectivity index (χ0n) is 16.6. The molecule has 152 valence electrons. The van der Waals surface area contributed by atoms with Crippen molar-refractivity contribution in [2.75, 3.05) is 17.3 Å². The lowest BCUT2D eigenvalue weighted by atomic mass is 10.0. The summed E-state index contributed by atoms with van der Waals surface area (Å²) < 4.78 is 1.19. The van der Waals surface area contributed by atoms with E-state index in [0.717, 1.165) is 21.7 Å². The molecule has 0 fully saturated rings. The molecule has 0 aliphatic carbocycles. The van der Waals surface area contributed by atoms with E-state index in [2.05, 4.69) is 35.6 Å². The summed E-state index contributed by atoms with van der Waals surface area (Å²) in [6.45, 7) is 0. The van der Waals surface area contributed by atoms with Gasteiger partial charge in [-0.25, -0.2) is 0 Å². The zero-order chi connectivity index (χ0) is 21.1. The molecule has 0 saturated carbocycles. The number of aliphatic hydroxyl groups excluding tert-OH is 1. The molecule has 0 bridgehead atoms. The highest BCUT2D eigenvalue weighted by molar-refractivity contribution is 7.98. The fourth-order valence-electron chi connectivity index (χ4n) is 3.43. The predicted octanol–water partition coefficient (Wildman–Crippen LogP) is 5.84. The molecule has 4 rings (SSSR count). The minimum Gasteiger partial charge on any atom is -0.398 e. The van der Waals surface area contributed by atoms with Crippen LogP contribution in [0.25, 0.3) is 20.5 Å². The maximum atomic E-state index is 10.6. The Bertz CT molecular complexity index is 1150. The van der Waals surface area contributed by atoms with E-state index in [0.29, 0.717) is 17.7 Å². The molecule has 0 aliphatic rings. The highest BCUT2D eigenvalue weighted by Crippen LogP contribution is 2.39. The lowest BCUT2D eigenvalue weighted by Gasteiger charge is -2.17. The monoisotopic (exact) mass is 433 g/mol. The van der Waals surface area contributed by atoms with Crippen molar-refractivity contribution in [3.63, 3.8) is 0 Å². The smallest absolute Gasteiger partial charge is 0.128 e. The summed E-state index contributed by atoms with van der Waals surface area (Å²) in [5, 5.41) is 22.7. The van der Waals surface area contributed by atoms with Crippen LogP contribution in [0.1, 0.15) is 11.1 Å². The summed E-state index contributed by atoms with van der Waals surface area (Å²) in [5.41, 5.74) is 10.2. The van der Waals surface area contributed by atoms with Crippen LogP contribution in [0.3, 0.4) is 0 Å². The van der Waals surface area contributed by atoms with Crippen LogP contribution in [0, 0.1) is 5.41 Å². The molecule has 0 saturated heterocycles. The Labute approximate surface area is 184 Å². The zero-order valence-corrected chi connectivity index (χ0v) is 18.2. The predicted molar refractivity (Wildman–Crippen MR) is 131 cm³/mol. The summed E-state index contributed by atoms with van der Waals surface area (Å²) >= 11 is 3.37. The van der Waals surface area contributed by atoms with Gasteiger partial charge in [-0.05, 0) is 53.6 Å². The summed E-state index contributed by atoms with van der Waals surface area (Å²) in [7, 11) is 0. The topological polar surface area (TPSA) is 82.1 Å². The highest BCUT2D eigenvalue weighted by Gasteiger charge is 2.14. The van der Waals surface area contributed by atoms with Crippen molar-refractivity contribution in [1.82, 2.24) is 0 Å². The average Bonchev–Trinajstić information content (AvgIpc) is 3.19. The quantitative estimate of drug-likeness (QED) is 0.128. The van der Waals surface area contributed by atoms with Gasteiger partial charge in [-0.2, -0.15) is 0 Å². The Morgan fingerprint density at radius 3 is 2.60 bits per heavy atom. The summed E-state index contributed by atoms with van der Waals surface area (Å²) in [4.78, 5) is 2.24. The van der Waals surface area contributed by atoms with Crippen LogP contribution in [0.15, 0.2) is 71.6 Å². The van der Waals surface area contributed by atoms with Gasteiger partial charge >= 0.3 is 0 Å². The number of benzene rings is 3. The van der Waals surface area contributed by atoms with Crippen LogP contribution >= 0.6 is 23.1 Å². The van der Waals surface area contributed by atoms with Crippen molar-refractivity contribution < 1.29 is 5.11 Å². The van der Waals surface area contributed by atoms with Gasteiger partial charge in [0.2, 0.25) is 0 Å². The SMILES string of the molecule is CSc1ccc(CC(O)Nc2cc(C=N)c(N)c(-c3cc4ccccc4s3)c2)cc1. The molecule has 0 aliphatic heterocycles. The molecule has 1 aromatic heterocycles. The van der Waals surface area contributed by atoms with Crippen molar-refractivity contribution in [3.05, 3.63) is 77.9 Å². The third kappa shape index (κ3) is 4.36. The number of thiophene rings is 1. The molecule has 1 heterocycles. The van der Waals surface area contributed by atoms with Crippen molar-refractivity contribution in [1.29, 1.82) is 5.41 Å². The van der Waals surface area contributed by atoms with Crippen molar-refractivity contribution in [2.24, 2.45) is 0 Å². The summed E-state index contributed by atoms with van der Waals surface area (Å²) in [6.07, 6.45) is 3.03. The maximum Gasteiger partial charge on any atom is 0.128 e. The number of fused-ring (bicyclic) bond motifs is 1. The van der Waals surface area contributed by atoms with Crippen LogP contribution in [0.2, 0.25) is 0 Å². The summed E-state index contributed by atoms with van der Waals surface area (Å²) in [5.74, 6) is 0. The van der Waals surface area contributed by atoms with Gasteiger partial charge < -0.3 is 21.6 Å². The Morgan fingerprint density at radius 2 is 1.90 bits per heavy atom. The number of hydrogen-bond acceptors (Lipinski definition) is 6. The largest absolute Gasteiger partial charge is 0.398 e. The number of aliphatic hydroxyl groups is 1. The van der Waals surface area contributed by atoms with Gasteiger partial charge in [0.25, 0.3) is 0 Å². The third-order valence-electron chi connectivity index (χ3n) is 4.98. The second-order valence-electron chi connectivity index (χ2n) is 7.03. The number of nitrogen functional groups attached to an aromatic ring is 1. The molecule has 0 amide bonds. The second-order valence-corrected chi connectivity index (χ2v) is 9.00. The third-order valence-corrected chi connectivity index (χ3v) is 6.87. The van der Waals surface area contributed by atoms with E-state index in [1.54, 1.807) is 29.2 Å². The van der Waals surface area contributed by atoms with E-state index in [-0.39, 0.29) is 0 Å². The van der Waals surface area contributed by atoms with Gasteiger partial charge in [-0.15, -0.1) is 23.1 Å². The molecular weight excluding hydrogens is 410 g/mol. The Morgan fingerprint density at radius 1 is 1.13 bits per heavy atom. The van der Waals surface area contributed by atoms with Gasteiger partial charge in [0, 0.05) is 49.6 Å². The molecule has 0 radical (unpaired) electrons. The molecule has 6 heteroatoms. The molecule has 4 aromatic rings. The molecule has 3 aromatic carbocycles. The normalized spacial score (nSPS) is 12.1. The van der Waals surface area contributed by atoms with Gasteiger partial charge in [-0.1, -0.05) is 30.3 Å². The number of nitrogens with two attached hydrogens (primary N) is 1. The van der Waals surface area contributed by atoms with Crippen LogP contribution in [0.4, 0.5) is 11.4 Å². The number of hydrogen-bond donors (Lipinski definition) is 4. The molecule has 30 heavy (non-hydrogen) atoms. The average molecular weight is 434 g/mol. The van der Waals surface area contributed by atoms with E-state index in [4.69, 9.17) is 11.1 Å². The first-order chi connectivity index (χ1) is 14.6. The van der Waals surface area contributed by atoms with E-state index < -0.39 is 6.23 Å². The maximum absolute atomic E-state index is 10.6. The van der Waals surface area contributed by atoms with Crippen LogP contribution in [0.5, 0.6) is 0 Å². The molecule has 5 N–H and O–H groups in total. The first-order valence-electron chi connectivity index (χ1n) is 9.58. The number of nitrogens with one attached hydrogen (secondary N) is 2. The highest BCUT2D eigenvalue weighted by atomic mass is 32.2. The van der Waals surface area contributed by atoms with Crippen molar-refractivity contribution in [3.8, 4) is 10.4 Å². The van der Waals surface area contributed by atoms with Gasteiger partial charge in [0.1, 0.15) is 6.23 Å². The molecular formula is C24H23N3OS2. The molecule has 0 spiro atoms. The molecule has 4 nitrogen and oxygen atoms in total. The lowest BCUT2D eigenvalue weighted by molar-refractivity contribution is 0.204. The van der Waals surface area contributed by atoms with Crippen LogP contribution in [-0.4, -0.2) is 23.8 Å². The fraction of sp³-hybridized carbons (Fsp3) is 0.125. The standard InChI is InChI=1S/C24H23N3OS2/c1-29-19-8-6-15(7-9-19)10-23(28)27-18-11-17(14-25)24(26)20(13-18)22-12-16-4-2-3-5-21(16)30-22/h2-9,11-14,23,25,27-28H,10,26H2,1H3. The van der Waals surface area contributed by atoms with Gasteiger partial charge in [0.15, 0.2) is 0 Å². The van der Waals surface area contributed by atoms with Crippen molar-refractivity contribution in [2.45, 2.75) is 17.5 Å². The number of rotatable bonds is 7. The van der Waals surface area contributed by atoms with E-state index in [1.807, 2.05) is 36.6 Å². The Balaban J connectivity index is 1.61. The van der Waals surface area contributed by atoms with Crippen LogP contribution < -0.4 is 11.1 Å². The van der Waals surface area contributed by atoms with Crippen molar-refractivity contribution >= 4 is 50.8 Å². The van der Waals surface area contributed by atoms with Gasteiger partial charge in [0.05, 0.1) is 0 Å². The minimum absolute atomic E-state index is 0.483. The van der Waals surface area contributed by atoms with E-state index >= 15 is 0 Å². The van der Waals surface area contributed by atoms with E-state index in [9.17, 15) is 5.11 Å². The number of thioether (sulfide) groups is 1. The van der Waals surface area contributed by atoms with E-state index in [1.165, 1.54) is 21.2 Å². The first-order valence-corrected chi connectivity index (χ1v) is 11.6. The first kappa shape index (κ1) is 20.5. The molecule has 1 unspecified atom stereocenters. The Hall–Kier alpha value is -2.80. The molecule has 1 atom stereocenters. The van der Waals surface area contributed by atoms with Crippen LogP contribution in [-0.2, 0) is 6.42 Å². The second kappa shape index (κ2) is 8.92. The fourth-order valence-corrected chi connectivity index (χ4v) is 4.93. The minimum atomic E-state index is -0.748.